The van der Waals surface area contributed by atoms with Crippen LogP contribution in [0.4, 0.5) is 17.1 Å². The van der Waals surface area contributed by atoms with Gasteiger partial charge in [0.1, 0.15) is 31.8 Å². The van der Waals surface area contributed by atoms with Crippen molar-refractivity contribution in [1.29, 1.82) is 0 Å². The number of pyridine rings is 1. The Bertz CT molecular complexity index is 2610. The third-order valence-electron chi connectivity index (χ3n) is 11.4. The summed E-state index contributed by atoms with van der Waals surface area (Å²) < 4.78 is 26.3. The number of anilines is 3. The first-order chi connectivity index (χ1) is 30.7. The Morgan fingerprint density at radius 3 is 1.84 bits per heavy atom. The molecule has 0 unspecified atom stereocenters. The molecule has 0 amide bonds. The number of ether oxygens (including phenoxy) is 4. The minimum atomic E-state index is -1.01. The Morgan fingerprint density at radius 1 is 0.746 bits per heavy atom. The number of ketones is 1. The number of carboxylic acids is 1. The zero-order valence-electron chi connectivity index (χ0n) is 36.0. The average molecular weight is 865 g/mol. The third kappa shape index (κ3) is 9.29. The molecule has 6 aromatic rings. The number of unbranched alkanes of at least 4 members (excludes halogenated alkanes) is 6. The van der Waals surface area contributed by atoms with Gasteiger partial charge in [0.25, 0.3) is 0 Å². The highest BCUT2D eigenvalue weighted by Crippen LogP contribution is 2.54. The molecule has 10 nitrogen and oxygen atoms in total. The van der Waals surface area contributed by atoms with Crippen LogP contribution in [0, 0.1) is 0 Å². The van der Waals surface area contributed by atoms with Crippen molar-refractivity contribution < 1.29 is 43.3 Å². The van der Waals surface area contributed by atoms with E-state index in [1.807, 2.05) is 48.0 Å². The first kappa shape index (κ1) is 43.1. The van der Waals surface area contributed by atoms with E-state index in [0.29, 0.717) is 48.5 Å². The molecule has 4 aromatic carbocycles. The van der Waals surface area contributed by atoms with E-state index in [-0.39, 0.29) is 28.3 Å². The summed E-state index contributed by atoms with van der Waals surface area (Å²) in [6, 6.07) is 32.9. The highest BCUT2D eigenvalue weighted by atomic mass is 32.1. The maximum absolute atomic E-state index is 13.8. The number of aromatic nitrogens is 1. The van der Waals surface area contributed by atoms with Gasteiger partial charge in [0.15, 0.2) is 17.3 Å². The van der Waals surface area contributed by atoms with Crippen molar-refractivity contribution in [3.63, 3.8) is 0 Å². The van der Waals surface area contributed by atoms with Crippen molar-refractivity contribution >= 4 is 62.7 Å². The highest BCUT2D eigenvalue weighted by Gasteiger charge is 2.36. The van der Waals surface area contributed by atoms with Gasteiger partial charge in [0, 0.05) is 51.8 Å². The van der Waals surface area contributed by atoms with Crippen LogP contribution >= 0.6 is 11.3 Å². The fraction of sp³-hybridized carbons (Fsp3) is 0.288. The number of fused-ring (bicyclic) bond motifs is 2. The lowest BCUT2D eigenvalue weighted by Crippen LogP contribution is -2.34. The van der Waals surface area contributed by atoms with E-state index < -0.39 is 5.97 Å². The molecule has 0 fully saturated rings. The van der Waals surface area contributed by atoms with Gasteiger partial charge >= 0.3 is 5.97 Å². The van der Waals surface area contributed by atoms with Crippen LogP contribution in [0.2, 0.25) is 0 Å². The zero-order valence-corrected chi connectivity index (χ0v) is 36.8. The molecule has 1 N–H and O–H groups in total. The molecule has 0 saturated heterocycles. The van der Waals surface area contributed by atoms with Crippen LogP contribution in [0.3, 0.4) is 0 Å². The summed E-state index contributed by atoms with van der Waals surface area (Å²) >= 11 is 1.32. The van der Waals surface area contributed by atoms with E-state index >= 15 is 0 Å². The van der Waals surface area contributed by atoms with Crippen molar-refractivity contribution in [3.05, 3.63) is 131 Å². The van der Waals surface area contributed by atoms with Crippen LogP contribution in [0.15, 0.2) is 114 Å². The fourth-order valence-electron chi connectivity index (χ4n) is 7.93. The van der Waals surface area contributed by atoms with Gasteiger partial charge in [-0.15, -0.1) is 11.3 Å². The van der Waals surface area contributed by atoms with E-state index in [2.05, 4.69) is 55.1 Å². The Balaban J connectivity index is 1.07. The van der Waals surface area contributed by atoms with Crippen LogP contribution in [0.25, 0.3) is 33.0 Å². The molecule has 0 atom stereocenters. The van der Waals surface area contributed by atoms with Crippen LogP contribution in [0.5, 0.6) is 23.0 Å². The molecule has 2 aromatic heterocycles. The lowest BCUT2D eigenvalue weighted by atomic mass is 9.86. The molecule has 0 saturated carbocycles. The molecule has 8 rings (SSSR count). The molecule has 324 valence electrons. The number of allylic oxidation sites excluding steroid dienone is 2. The van der Waals surface area contributed by atoms with Crippen molar-refractivity contribution in [1.82, 2.24) is 0 Å². The Kier molecular flexibility index (Phi) is 13.4. The number of hydrogen-bond acceptors (Lipinski definition) is 9. The van der Waals surface area contributed by atoms with Crippen molar-refractivity contribution in [2.75, 3.05) is 31.3 Å². The molecule has 3 heterocycles. The van der Waals surface area contributed by atoms with Crippen LogP contribution in [-0.2, 0) is 11.8 Å². The third-order valence-corrected chi connectivity index (χ3v) is 12.6. The summed E-state index contributed by atoms with van der Waals surface area (Å²) in [6.45, 7) is 6.43. The highest BCUT2D eigenvalue weighted by molar-refractivity contribution is 7.18. The van der Waals surface area contributed by atoms with Crippen molar-refractivity contribution in [3.8, 4) is 33.4 Å². The Morgan fingerprint density at radius 2 is 1.30 bits per heavy atom. The van der Waals surface area contributed by atoms with Gasteiger partial charge < -0.3 is 34.1 Å². The summed E-state index contributed by atoms with van der Waals surface area (Å²) in [4.78, 5) is 28.7. The van der Waals surface area contributed by atoms with Crippen LogP contribution < -0.4 is 33.5 Å². The van der Waals surface area contributed by atoms with Crippen LogP contribution in [-0.4, -0.2) is 43.3 Å². The molecule has 11 heteroatoms. The summed E-state index contributed by atoms with van der Waals surface area (Å²) in [6.07, 6.45) is 10.8. The fourth-order valence-corrected chi connectivity index (χ4v) is 9.16. The summed E-state index contributed by atoms with van der Waals surface area (Å²) in [7, 11) is 1.81. The number of carbonyl (C=O) groups is 2. The molecular weight excluding hydrogens is 813 g/mol. The minimum Gasteiger partial charge on any atom is -0.871 e. The molecule has 0 bridgehead atoms. The largest absolute Gasteiger partial charge is 0.871 e. The van der Waals surface area contributed by atoms with E-state index in [9.17, 15) is 19.8 Å². The van der Waals surface area contributed by atoms with Gasteiger partial charge in [-0.05, 0) is 97.3 Å². The smallest absolute Gasteiger partial charge is 0.335 e. The normalized spacial score (nSPS) is 14.0. The van der Waals surface area contributed by atoms with Crippen LogP contribution in [0.1, 0.15) is 86.1 Å². The zero-order chi connectivity index (χ0) is 43.9. The summed E-state index contributed by atoms with van der Waals surface area (Å²) in [5, 5.41) is 24.0. The van der Waals surface area contributed by atoms with Gasteiger partial charge in [0.2, 0.25) is 11.2 Å². The predicted molar refractivity (Wildman–Crippen MR) is 247 cm³/mol. The Labute approximate surface area is 372 Å². The van der Waals surface area contributed by atoms with Crippen molar-refractivity contribution in [2.24, 2.45) is 7.05 Å². The molecular formula is C52H52N2O8S. The molecule has 1 aliphatic carbocycles. The molecule has 2 aliphatic rings. The molecule has 63 heavy (non-hydrogen) atoms. The molecule has 0 radical (unpaired) electrons. The minimum absolute atomic E-state index is 0.0742. The standard InChI is InChI=1S/C52H52N2O8S/c1-4-6-8-10-28-59-41-23-19-38(20-24-41)54(39-21-25-42(26-22-39)60-29-11-9-7-5-2)37-16-12-34(13-17-37)50-48-49(62-31-30-61-48)51(63-50)45-46(55)43(47(45)56)33-40-18-14-35-32-36(52(57)58)15-27-44(35)53(40)3/h12-27,32-33H,4-11,28-31H2,1-3H3,(H-,55,56,57,58). The van der Waals surface area contributed by atoms with Gasteiger partial charge in [-0.2, -0.15) is 4.57 Å². The SMILES string of the molecule is CCCCCCOc1ccc(N(c2ccc(OCCCCCC)cc2)c2ccc(-c3sc(C4=C([O-])/C(=C/c5ccc6cc(C(=O)O)ccc6[n+]5C)C4=O)c4c3OCCO4)cc2)cc1. The maximum Gasteiger partial charge on any atom is 0.335 e. The molecule has 0 spiro atoms. The monoisotopic (exact) mass is 864 g/mol. The van der Waals surface area contributed by atoms with Gasteiger partial charge in [-0.1, -0.05) is 70.3 Å². The first-order valence-electron chi connectivity index (χ1n) is 21.9. The number of rotatable bonds is 19. The summed E-state index contributed by atoms with van der Waals surface area (Å²) in [5.41, 5.74) is 5.46. The van der Waals surface area contributed by atoms with E-state index in [1.54, 1.807) is 30.3 Å². The number of carboxylic acid groups (broad SMARTS) is 1. The maximum atomic E-state index is 13.8. The van der Waals surface area contributed by atoms with Gasteiger partial charge in [-0.3, -0.25) is 4.79 Å². The van der Waals surface area contributed by atoms with E-state index in [0.717, 1.165) is 75.6 Å². The lowest BCUT2D eigenvalue weighted by Gasteiger charge is -2.30. The number of thiophene rings is 1. The number of aromatic carboxylic acids is 1. The average Bonchev–Trinajstić information content (AvgIpc) is 3.68. The van der Waals surface area contributed by atoms with E-state index in [1.165, 1.54) is 43.1 Å². The topological polar surface area (TPSA) is 121 Å². The van der Waals surface area contributed by atoms with Gasteiger partial charge in [-0.25, -0.2) is 4.79 Å². The molecule has 1 aliphatic heterocycles. The van der Waals surface area contributed by atoms with Gasteiger partial charge in [0.05, 0.1) is 28.5 Å². The lowest BCUT2D eigenvalue weighted by molar-refractivity contribution is -0.646. The second-order valence-electron chi connectivity index (χ2n) is 15.8. The number of aryl methyl sites for hydroxylation is 1. The number of benzene rings is 4. The number of hydrogen-bond donors (Lipinski definition) is 1. The quantitative estimate of drug-likeness (QED) is 0.0482. The number of carbonyl (C=O) groups excluding carboxylic acids is 1. The van der Waals surface area contributed by atoms with Crippen molar-refractivity contribution in [2.45, 2.75) is 65.2 Å². The number of Topliss-reactive ketones (excluding diaryl/α,β-unsaturated/α-hetero) is 1. The predicted octanol–water partition coefficient (Wildman–Crippen LogP) is 11.0. The second kappa shape index (κ2) is 19.6. The first-order valence-corrected chi connectivity index (χ1v) is 22.7. The summed E-state index contributed by atoms with van der Waals surface area (Å²) in [5.74, 6) is 0.867. The van der Waals surface area contributed by atoms with E-state index in [4.69, 9.17) is 18.9 Å². The number of nitrogens with zero attached hydrogens (tertiary/aromatic N) is 2. The second-order valence-corrected chi connectivity index (χ2v) is 16.8. The Hall–Kier alpha value is -6.59.